The van der Waals surface area contributed by atoms with Gasteiger partial charge in [-0.05, 0) is 38.0 Å². The Hall–Kier alpha value is 0.0500. The van der Waals surface area contributed by atoms with E-state index in [9.17, 15) is 0 Å². The van der Waals surface area contributed by atoms with Crippen molar-refractivity contribution in [2.45, 2.75) is 58.2 Å². The van der Waals surface area contributed by atoms with Crippen molar-refractivity contribution >= 4 is 11.8 Å². The second-order valence-electron chi connectivity index (χ2n) is 4.53. The van der Waals surface area contributed by atoms with Crippen molar-refractivity contribution < 1.29 is 0 Å². The molecule has 0 saturated carbocycles. The van der Waals surface area contributed by atoms with Gasteiger partial charge in [-0.2, -0.15) is 11.8 Å². The van der Waals surface area contributed by atoms with E-state index in [1.54, 1.807) is 0 Å². The van der Waals surface area contributed by atoms with Crippen LogP contribution < -0.4 is 5.32 Å². The van der Waals surface area contributed by atoms with Gasteiger partial charge in [0.25, 0.3) is 0 Å². The Morgan fingerprint density at radius 1 is 1.40 bits per heavy atom. The molecule has 0 heterocycles. The summed E-state index contributed by atoms with van der Waals surface area (Å²) in [4.78, 5) is 0. The third kappa shape index (κ3) is 10.3. The Labute approximate surface area is 100 Å². The molecule has 1 unspecified atom stereocenters. The summed E-state index contributed by atoms with van der Waals surface area (Å²) in [5.41, 5.74) is 1.30. The van der Waals surface area contributed by atoms with Crippen molar-refractivity contribution in [3.63, 3.8) is 0 Å². The van der Waals surface area contributed by atoms with Crippen LogP contribution in [0, 0.1) is 0 Å². The molecule has 15 heavy (non-hydrogen) atoms. The molecule has 90 valence electrons. The zero-order chi connectivity index (χ0) is 11.7. The van der Waals surface area contributed by atoms with Gasteiger partial charge in [-0.25, -0.2) is 0 Å². The summed E-state index contributed by atoms with van der Waals surface area (Å²) in [6.07, 6.45) is 3.60. The fourth-order valence-corrected chi connectivity index (χ4v) is 2.22. The van der Waals surface area contributed by atoms with Crippen molar-refractivity contribution in [1.29, 1.82) is 0 Å². The lowest BCUT2D eigenvalue weighted by Gasteiger charge is -2.19. The standard InChI is InChI=1S/C13H27NS/c1-6-9-14-13(8-7-11(2)3)10-15-12(4)5/h12-14H,2,6-10H2,1,3-5H3. The van der Waals surface area contributed by atoms with Crippen molar-refractivity contribution in [2.24, 2.45) is 0 Å². The molecular formula is C13H27NS. The summed E-state index contributed by atoms with van der Waals surface area (Å²) < 4.78 is 0. The average Bonchev–Trinajstić information content (AvgIpc) is 2.16. The van der Waals surface area contributed by atoms with E-state index in [2.05, 4.69) is 39.6 Å². The predicted octanol–water partition coefficient (Wildman–Crippen LogP) is 3.85. The molecule has 0 aromatic carbocycles. The van der Waals surface area contributed by atoms with Crippen LogP contribution in [0.1, 0.15) is 47.0 Å². The molecule has 0 aromatic rings. The van der Waals surface area contributed by atoms with Gasteiger partial charge in [0, 0.05) is 11.8 Å². The van der Waals surface area contributed by atoms with Gasteiger partial charge >= 0.3 is 0 Å². The van der Waals surface area contributed by atoms with Crippen molar-refractivity contribution in [3.8, 4) is 0 Å². The van der Waals surface area contributed by atoms with E-state index in [-0.39, 0.29) is 0 Å². The molecule has 1 N–H and O–H groups in total. The number of allylic oxidation sites excluding steroid dienone is 1. The van der Waals surface area contributed by atoms with Gasteiger partial charge < -0.3 is 5.32 Å². The highest BCUT2D eigenvalue weighted by atomic mass is 32.2. The Kier molecular flexibility index (Phi) is 9.32. The van der Waals surface area contributed by atoms with E-state index in [1.807, 2.05) is 11.8 Å². The maximum atomic E-state index is 3.97. The molecule has 2 heteroatoms. The van der Waals surface area contributed by atoms with Gasteiger partial charge in [0.2, 0.25) is 0 Å². The highest BCUT2D eigenvalue weighted by molar-refractivity contribution is 7.99. The number of rotatable bonds is 9. The molecule has 1 nitrogen and oxygen atoms in total. The van der Waals surface area contributed by atoms with Gasteiger partial charge in [0.05, 0.1) is 0 Å². The topological polar surface area (TPSA) is 12.0 Å². The monoisotopic (exact) mass is 229 g/mol. The van der Waals surface area contributed by atoms with Gasteiger partial charge in [0.15, 0.2) is 0 Å². The summed E-state index contributed by atoms with van der Waals surface area (Å²) >= 11 is 2.05. The largest absolute Gasteiger partial charge is 0.313 e. The zero-order valence-corrected chi connectivity index (χ0v) is 11.6. The summed E-state index contributed by atoms with van der Waals surface area (Å²) in [6.45, 7) is 14.0. The Morgan fingerprint density at radius 2 is 2.07 bits per heavy atom. The second-order valence-corrected chi connectivity index (χ2v) is 6.14. The first-order valence-electron chi connectivity index (χ1n) is 6.05. The minimum Gasteiger partial charge on any atom is -0.313 e. The van der Waals surface area contributed by atoms with Crippen LogP contribution in [0.25, 0.3) is 0 Å². The molecule has 0 saturated heterocycles. The van der Waals surface area contributed by atoms with Crippen molar-refractivity contribution in [3.05, 3.63) is 12.2 Å². The SMILES string of the molecule is C=C(C)CCC(CSC(C)C)NCCC. The summed E-state index contributed by atoms with van der Waals surface area (Å²) in [5, 5.41) is 4.36. The van der Waals surface area contributed by atoms with Gasteiger partial charge in [-0.15, -0.1) is 6.58 Å². The Bertz CT molecular complexity index is 166. The molecule has 0 aromatic heterocycles. The van der Waals surface area contributed by atoms with Crippen LogP contribution in [0.5, 0.6) is 0 Å². The van der Waals surface area contributed by atoms with Crippen LogP contribution in [0.4, 0.5) is 0 Å². The van der Waals surface area contributed by atoms with Crippen molar-refractivity contribution in [1.82, 2.24) is 5.32 Å². The van der Waals surface area contributed by atoms with Gasteiger partial charge in [-0.1, -0.05) is 26.3 Å². The van der Waals surface area contributed by atoms with E-state index < -0.39 is 0 Å². The summed E-state index contributed by atoms with van der Waals surface area (Å²) in [6, 6.07) is 0.661. The normalized spacial score (nSPS) is 13.1. The highest BCUT2D eigenvalue weighted by Crippen LogP contribution is 2.14. The van der Waals surface area contributed by atoms with E-state index in [0.717, 1.165) is 18.2 Å². The molecular weight excluding hydrogens is 202 g/mol. The van der Waals surface area contributed by atoms with Crippen molar-refractivity contribution in [2.75, 3.05) is 12.3 Å². The van der Waals surface area contributed by atoms with E-state index in [0.29, 0.717) is 6.04 Å². The first kappa shape index (κ1) is 15.0. The number of thioether (sulfide) groups is 1. The Morgan fingerprint density at radius 3 is 2.53 bits per heavy atom. The van der Waals surface area contributed by atoms with E-state index in [1.165, 1.54) is 24.2 Å². The first-order chi connectivity index (χ1) is 7.06. The third-order valence-electron chi connectivity index (χ3n) is 2.23. The van der Waals surface area contributed by atoms with Crippen LogP contribution in [0.3, 0.4) is 0 Å². The molecule has 0 aliphatic heterocycles. The third-order valence-corrected chi connectivity index (χ3v) is 3.49. The molecule has 1 atom stereocenters. The predicted molar refractivity (Wildman–Crippen MR) is 73.7 cm³/mol. The molecule has 0 amide bonds. The van der Waals surface area contributed by atoms with Crippen LogP contribution in [-0.4, -0.2) is 23.6 Å². The maximum Gasteiger partial charge on any atom is 0.0161 e. The number of nitrogens with one attached hydrogen (secondary N) is 1. The van der Waals surface area contributed by atoms with E-state index in [4.69, 9.17) is 0 Å². The average molecular weight is 229 g/mol. The molecule has 0 fully saturated rings. The minimum atomic E-state index is 0.661. The fourth-order valence-electron chi connectivity index (χ4n) is 1.32. The smallest absolute Gasteiger partial charge is 0.0161 e. The molecule has 0 spiro atoms. The van der Waals surface area contributed by atoms with Crippen LogP contribution in [-0.2, 0) is 0 Å². The second kappa shape index (κ2) is 9.29. The first-order valence-corrected chi connectivity index (χ1v) is 7.10. The number of hydrogen-bond acceptors (Lipinski definition) is 2. The quantitative estimate of drug-likeness (QED) is 0.603. The van der Waals surface area contributed by atoms with Gasteiger partial charge in [0.1, 0.15) is 0 Å². The lowest BCUT2D eigenvalue weighted by Crippen LogP contribution is -2.32. The lowest BCUT2D eigenvalue weighted by molar-refractivity contribution is 0.519. The molecule has 0 aliphatic carbocycles. The van der Waals surface area contributed by atoms with Crippen LogP contribution in [0.2, 0.25) is 0 Å². The summed E-state index contributed by atoms with van der Waals surface area (Å²) in [7, 11) is 0. The maximum absolute atomic E-state index is 3.97. The fraction of sp³-hybridized carbons (Fsp3) is 0.846. The summed E-state index contributed by atoms with van der Waals surface area (Å²) in [5.74, 6) is 1.23. The molecule has 0 aliphatic rings. The molecule has 0 rings (SSSR count). The van der Waals surface area contributed by atoms with Gasteiger partial charge in [-0.3, -0.25) is 0 Å². The minimum absolute atomic E-state index is 0.661. The Balaban J connectivity index is 3.77. The van der Waals surface area contributed by atoms with Crippen LogP contribution in [0.15, 0.2) is 12.2 Å². The van der Waals surface area contributed by atoms with Crippen LogP contribution >= 0.6 is 11.8 Å². The molecule has 0 radical (unpaired) electrons. The molecule has 0 bridgehead atoms. The zero-order valence-electron chi connectivity index (χ0n) is 10.8. The number of hydrogen-bond donors (Lipinski definition) is 1. The highest BCUT2D eigenvalue weighted by Gasteiger charge is 2.08. The lowest BCUT2D eigenvalue weighted by atomic mass is 10.1. The van der Waals surface area contributed by atoms with E-state index >= 15 is 0 Å².